The van der Waals surface area contributed by atoms with Gasteiger partial charge in [0.05, 0.1) is 0 Å². The predicted octanol–water partition coefficient (Wildman–Crippen LogP) is 3.32. The van der Waals surface area contributed by atoms with Crippen LogP contribution in [0, 0.1) is 0 Å². The lowest BCUT2D eigenvalue weighted by atomic mass is 10.1. The van der Waals surface area contributed by atoms with E-state index in [0.29, 0.717) is 12.8 Å². The Bertz CT molecular complexity index is 694. The lowest BCUT2D eigenvalue weighted by Crippen LogP contribution is -2.20. The maximum absolute atomic E-state index is 11.8. The molecule has 24 heavy (non-hydrogen) atoms. The number of anilines is 2. The fourth-order valence-electron chi connectivity index (χ4n) is 3.07. The summed E-state index contributed by atoms with van der Waals surface area (Å²) in [5.41, 5.74) is 10.5. The Morgan fingerprint density at radius 1 is 1.21 bits per heavy atom. The first kappa shape index (κ1) is 16.5. The monoisotopic (exact) mass is 323 g/mol. The molecule has 0 saturated heterocycles. The highest BCUT2D eigenvalue weighted by Gasteiger charge is 2.18. The Labute approximate surface area is 143 Å². The van der Waals surface area contributed by atoms with E-state index in [1.54, 1.807) is 0 Å². The molecular formula is C20H25N3O. The minimum atomic E-state index is 0.0218. The van der Waals surface area contributed by atoms with E-state index in [-0.39, 0.29) is 11.9 Å². The average molecular weight is 323 g/mol. The molecule has 1 atom stereocenters. The molecule has 0 spiro atoms. The van der Waals surface area contributed by atoms with Crippen molar-refractivity contribution in [2.24, 2.45) is 5.73 Å². The molecule has 0 bridgehead atoms. The number of carbonyl (C=O) groups excluding carboxylic acids is 1. The number of para-hydroxylation sites is 1. The van der Waals surface area contributed by atoms with Crippen molar-refractivity contribution < 1.29 is 4.79 Å². The standard InChI is InChI=1S/C20H25N3O/c1-15(21)6-11-20(24)22-18-9-7-16(8-10-18)14-23-13-12-17-4-2-3-5-19(17)23/h2-5,7-10,15H,6,11-14,21H2,1H3,(H,22,24). The summed E-state index contributed by atoms with van der Waals surface area (Å²) in [6.45, 7) is 3.88. The fraction of sp³-hybridized carbons (Fsp3) is 0.350. The van der Waals surface area contributed by atoms with E-state index < -0.39 is 0 Å². The second kappa shape index (κ2) is 7.49. The van der Waals surface area contributed by atoms with Crippen LogP contribution in [0.2, 0.25) is 0 Å². The van der Waals surface area contributed by atoms with Gasteiger partial charge in [0.25, 0.3) is 0 Å². The zero-order chi connectivity index (χ0) is 16.9. The second-order valence-electron chi connectivity index (χ2n) is 6.56. The first-order chi connectivity index (χ1) is 11.6. The fourth-order valence-corrected chi connectivity index (χ4v) is 3.07. The van der Waals surface area contributed by atoms with Gasteiger partial charge in [0.1, 0.15) is 0 Å². The van der Waals surface area contributed by atoms with Crippen LogP contribution in [-0.4, -0.2) is 18.5 Å². The predicted molar refractivity (Wildman–Crippen MR) is 99.2 cm³/mol. The molecule has 0 radical (unpaired) electrons. The zero-order valence-electron chi connectivity index (χ0n) is 14.2. The van der Waals surface area contributed by atoms with Crippen molar-refractivity contribution in [1.29, 1.82) is 0 Å². The van der Waals surface area contributed by atoms with Crippen molar-refractivity contribution in [3.8, 4) is 0 Å². The molecule has 126 valence electrons. The first-order valence-electron chi connectivity index (χ1n) is 8.59. The van der Waals surface area contributed by atoms with Crippen LogP contribution in [0.5, 0.6) is 0 Å². The van der Waals surface area contributed by atoms with E-state index in [1.165, 1.54) is 16.8 Å². The Balaban J connectivity index is 1.57. The van der Waals surface area contributed by atoms with Gasteiger partial charge in [0.2, 0.25) is 5.91 Å². The molecule has 1 unspecified atom stereocenters. The molecule has 4 nitrogen and oxygen atoms in total. The number of rotatable bonds is 6. The van der Waals surface area contributed by atoms with Crippen LogP contribution in [0.15, 0.2) is 48.5 Å². The maximum atomic E-state index is 11.8. The van der Waals surface area contributed by atoms with Crippen LogP contribution in [0.1, 0.15) is 30.9 Å². The number of fused-ring (bicyclic) bond motifs is 1. The average Bonchev–Trinajstić information content (AvgIpc) is 2.98. The van der Waals surface area contributed by atoms with Crippen molar-refractivity contribution in [1.82, 2.24) is 0 Å². The molecule has 0 saturated carbocycles. The number of carbonyl (C=O) groups is 1. The van der Waals surface area contributed by atoms with Gasteiger partial charge >= 0.3 is 0 Å². The molecule has 1 aliphatic rings. The van der Waals surface area contributed by atoms with Crippen LogP contribution in [-0.2, 0) is 17.8 Å². The maximum Gasteiger partial charge on any atom is 0.224 e. The van der Waals surface area contributed by atoms with Crippen LogP contribution in [0.3, 0.4) is 0 Å². The number of hydrogen-bond acceptors (Lipinski definition) is 3. The molecule has 2 aromatic rings. The van der Waals surface area contributed by atoms with Crippen molar-refractivity contribution in [2.45, 2.75) is 38.8 Å². The van der Waals surface area contributed by atoms with Gasteiger partial charge in [-0.25, -0.2) is 0 Å². The summed E-state index contributed by atoms with van der Waals surface area (Å²) in [5.74, 6) is 0.0218. The van der Waals surface area contributed by atoms with E-state index in [0.717, 1.165) is 25.2 Å². The summed E-state index contributed by atoms with van der Waals surface area (Å²) in [5, 5.41) is 2.93. The third-order valence-corrected chi connectivity index (χ3v) is 4.42. The third-order valence-electron chi connectivity index (χ3n) is 4.42. The summed E-state index contributed by atoms with van der Waals surface area (Å²) in [4.78, 5) is 14.3. The van der Waals surface area contributed by atoms with Gasteiger partial charge in [-0.2, -0.15) is 0 Å². The minimum Gasteiger partial charge on any atom is -0.367 e. The van der Waals surface area contributed by atoms with Gasteiger partial charge in [-0.1, -0.05) is 30.3 Å². The van der Waals surface area contributed by atoms with E-state index in [1.807, 2.05) is 19.1 Å². The number of amides is 1. The smallest absolute Gasteiger partial charge is 0.224 e. The van der Waals surface area contributed by atoms with Crippen molar-refractivity contribution in [3.63, 3.8) is 0 Å². The number of nitrogens with two attached hydrogens (primary N) is 1. The van der Waals surface area contributed by atoms with Crippen LogP contribution >= 0.6 is 0 Å². The minimum absolute atomic E-state index is 0.0218. The first-order valence-corrected chi connectivity index (χ1v) is 8.59. The lowest BCUT2D eigenvalue weighted by molar-refractivity contribution is -0.116. The van der Waals surface area contributed by atoms with Gasteiger partial charge in [0.15, 0.2) is 0 Å². The van der Waals surface area contributed by atoms with E-state index in [9.17, 15) is 4.79 Å². The summed E-state index contributed by atoms with van der Waals surface area (Å²) >= 11 is 0. The molecule has 1 heterocycles. The molecule has 3 N–H and O–H groups in total. The van der Waals surface area contributed by atoms with Gasteiger partial charge in [0, 0.05) is 36.9 Å². The highest BCUT2D eigenvalue weighted by molar-refractivity contribution is 5.90. The molecule has 1 aliphatic heterocycles. The number of hydrogen-bond donors (Lipinski definition) is 2. The Morgan fingerprint density at radius 2 is 1.96 bits per heavy atom. The van der Waals surface area contributed by atoms with Crippen molar-refractivity contribution in [3.05, 3.63) is 59.7 Å². The van der Waals surface area contributed by atoms with Gasteiger partial charge in [-0.3, -0.25) is 4.79 Å². The van der Waals surface area contributed by atoms with Crippen LogP contribution < -0.4 is 16.0 Å². The number of nitrogens with zero attached hydrogens (tertiary/aromatic N) is 1. The summed E-state index contributed by atoms with van der Waals surface area (Å²) in [7, 11) is 0. The van der Waals surface area contributed by atoms with Gasteiger partial charge in [-0.05, 0) is 49.1 Å². The molecule has 0 fully saturated rings. The van der Waals surface area contributed by atoms with Gasteiger partial charge < -0.3 is 16.0 Å². The van der Waals surface area contributed by atoms with Gasteiger partial charge in [-0.15, -0.1) is 0 Å². The van der Waals surface area contributed by atoms with E-state index in [2.05, 4.69) is 46.6 Å². The van der Waals surface area contributed by atoms with Crippen LogP contribution in [0.4, 0.5) is 11.4 Å². The van der Waals surface area contributed by atoms with E-state index in [4.69, 9.17) is 5.73 Å². The number of benzene rings is 2. The zero-order valence-corrected chi connectivity index (χ0v) is 14.2. The molecule has 0 aromatic heterocycles. The van der Waals surface area contributed by atoms with Crippen LogP contribution in [0.25, 0.3) is 0 Å². The normalized spacial score (nSPS) is 14.3. The molecule has 1 amide bonds. The number of nitrogens with one attached hydrogen (secondary N) is 1. The van der Waals surface area contributed by atoms with E-state index >= 15 is 0 Å². The summed E-state index contributed by atoms with van der Waals surface area (Å²) in [6.07, 6.45) is 2.28. The lowest BCUT2D eigenvalue weighted by Gasteiger charge is -2.19. The highest BCUT2D eigenvalue weighted by atomic mass is 16.1. The molecule has 0 aliphatic carbocycles. The molecule has 2 aromatic carbocycles. The summed E-state index contributed by atoms with van der Waals surface area (Å²) in [6, 6.07) is 16.8. The van der Waals surface area contributed by atoms with Crippen molar-refractivity contribution in [2.75, 3.05) is 16.8 Å². The van der Waals surface area contributed by atoms with Crippen molar-refractivity contribution >= 4 is 17.3 Å². The second-order valence-corrected chi connectivity index (χ2v) is 6.56. The topological polar surface area (TPSA) is 58.4 Å². The summed E-state index contributed by atoms with van der Waals surface area (Å²) < 4.78 is 0. The third kappa shape index (κ3) is 4.15. The Morgan fingerprint density at radius 3 is 2.71 bits per heavy atom. The Hall–Kier alpha value is -2.33. The largest absolute Gasteiger partial charge is 0.367 e. The highest BCUT2D eigenvalue weighted by Crippen LogP contribution is 2.28. The molecule has 4 heteroatoms. The Kier molecular flexibility index (Phi) is 5.16. The molecular weight excluding hydrogens is 298 g/mol. The quantitative estimate of drug-likeness (QED) is 0.857. The SMILES string of the molecule is CC(N)CCC(=O)Nc1ccc(CN2CCc3ccccc32)cc1. The molecule has 3 rings (SSSR count).